The first-order valence-electron chi connectivity index (χ1n) is 10.7. The number of anilines is 1. The maximum Gasteiger partial charge on any atom is 0.573 e. The molecular weight excluding hydrogens is 423 g/mol. The fraction of sp³-hybridized carbons (Fsp3) is 0.391. The minimum atomic E-state index is -4.76. The Kier molecular flexibility index (Phi) is 5.08. The minimum Gasteiger partial charge on any atom is -0.406 e. The highest BCUT2D eigenvalue weighted by atomic mass is 19.4. The largest absolute Gasteiger partial charge is 0.573 e. The van der Waals surface area contributed by atoms with Gasteiger partial charge >= 0.3 is 6.36 Å². The van der Waals surface area contributed by atoms with Crippen LogP contribution in [0.5, 0.6) is 5.75 Å². The van der Waals surface area contributed by atoms with E-state index in [-0.39, 0.29) is 23.6 Å². The Bertz CT molecular complexity index is 1080. The maximum absolute atomic E-state index is 13.2. The zero-order chi connectivity index (χ0) is 22.5. The maximum atomic E-state index is 13.2. The number of hydrogen-bond acceptors (Lipinski definition) is 4. The molecule has 1 saturated heterocycles. The number of fused-ring (bicyclic) bond motifs is 2. The van der Waals surface area contributed by atoms with Crippen LogP contribution in [0.15, 0.2) is 36.4 Å². The summed E-state index contributed by atoms with van der Waals surface area (Å²) in [6.45, 7) is 2.59. The quantitative estimate of drug-likeness (QED) is 0.786. The summed E-state index contributed by atoms with van der Waals surface area (Å²) in [4.78, 5) is 29.5. The topological polar surface area (TPSA) is 61.9 Å². The molecule has 0 spiro atoms. The lowest BCUT2D eigenvalue weighted by Crippen LogP contribution is -2.46. The van der Waals surface area contributed by atoms with Gasteiger partial charge < -0.3 is 19.9 Å². The number of nitrogens with zero attached hydrogens (tertiary/aromatic N) is 2. The lowest BCUT2D eigenvalue weighted by molar-refractivity contribution is -0.274. The molecule has 0 bridgehead atoms. The summed E-state index contributed by atoms with van der Waals surface area (Å²) >= 11 is 0. The second-order valence-corrected chi connectivity index (χ2v) is 8.35. The van der Waals surface area contributed by atoms with Crippen molar-refractivity contribution in [3.63, 3.8) is 0 Å². The first kappa shape index (κ1) is 20.8. The van der Waals surface area contributed by atoms with Crippen molar-refractivity contribution in [1.82, 2.24) is 10.2 Å². The predicted molar refractivity (Wildman–Crippen MR) is 111 cm³/mol. The van der Waals surface area contributed by atoms with Gasteiger partial charge in [-0.2, -0.15) is 0 Å². The van der Waals surface area contributed by atoms with Crippen molar-refractivity contribution in [3.05, 3.63) is 58.7 Å². The number of carbonyl (C=O) groups excluding carboxylic acids is 2. The molecule has 0 saturated carbocycles. The van der Waals surface area contributed by atoms with E-state index in [0.717, 1.165) is 31.5 Å². The summed E-state index contributed by atoms with van der Waals surface area (Å²) in [7, 11) is 0. The third-order valence-corrected chi connectivity index (χ3v) is 6.32. The summed E-state index contributed by atoms with van der Waals surface area (Å²) in [6.07, 6.45) is -2.32. The third-order valence-electron chi connectivity index (χ3n) is 6.32. The number of nitrogens with one attached hydrogen (secondary N) is 1. The number of ether oxygens (including phenoxy) is 1. The van der Waals surface area contributed by atoms with Crippen LogP contribution in [0, 0.1) is 0 Å². The SMILES string of the molecule is O=C(c1ccc2c(c1)CN(C1CCCNC1)C2=O)N1CCc2cc(OC(F)(F)F)ccc21. The van der Waals surface area contributed by atoms with Crippen LogP contribution in [0.4, 0.5) is 18.9 Å². The highest BCUT2D eigenvalue weighted by Gasteiger charge is 2.35. The molecule has 2 aromatic carbocycles. The molecule has 3 aliphatic heterocycles. The summed E-state index contributed by atoms with van der Waals surface area (Å²) in [5.41, 5.74) is 3.13. The third kappa shape index (κ3) is 3.81. The molecule has 3 heterocycles. The zero-order valence-electron chi connectivity index (χ0n) is 17.2. The highest BCUT2D eigenvalue weighted by molar-refractivity contribution is 6.08. The molecule has 6 nitrogen and oxygen atoms in total. The number of rotatable bonds is 3. The van der Waals surface area contributed by atoms with E-state index in [0.29, 0.717) is 41.9 Å². The number of alkyl halides is 3. The van der Waals surface area contributed by atoms with E-state index in [9.17, 15) is 22.8 Å². The molecule has 0 aliphatic carbocycles. The molecule has 0 aromatic heterocycles. The standard InChI is InChI=1S/C23H22F3N3O3/c24-23(25,26)32-18-4-6-20-14(11-18)7-9-28(20)21(30)15-3-5-19-16(10-15)13-29(22(19)31)17-2-1-8-27-12-17/h3-6,10-11,17,27H,1-2,7-9,12-13H2. The number of amides is 2. The summed E-state index contributed by atoms with van der Waals surface area (Å²) < 4.78 is 41.4. The minimum absolute atomic E-state index is 0.00332. The Labute approximate surface area is 182 Å². The Morgan fingerprint density at radius 3 is 2.72 bits per heavy atom. The van der Waals surface area contributed by atoms with Gasteiger partial charge in [0.25, 0.3) is 11.8 Å². The van der Waals surface area contributed by atoms with Gasteiger partial charge in [0.2, 0.25) is 0 Å². The molecule has 3 aliphatic rings. The van der Waals surface area contributed by atoms with Gasteiger partial charge in [-0.15, -0.1) is 13.2 Å². The molecule has 2 amide bonds. The van der Waals surface area contributed by atoms with Crippen LogP contribution in [-0.4, -0.2) is 48.8 Å². The Morgan fingerprint density at radius 2 is 1.97 bits per heavy atom. The molecule has 1 fully saturated rings. The highest BCUT2D eigenvalue weighted by Crippen LogP contribution is 2.35. The van der Waals surface area contributed by atoms with Crippen molar-refractivity contribution in [1.29, 1.82) is 0 Å². The van der Waals surface area contributed by atoms with Crippen LogP contribution >= 0.6 is 0 Å². The molecule has 9 heteroatoms. The van der Waals surface area contributed by atoms with Gasteiger partial charge in [-0.3, -0.25) is 9.59 Å². The van der Waals surface area contributed by atoms with Gasteiger partial charge in [0, 0.05) is 42.5 Å². The fourth-order valence-corrected chi connectivity index (χ4v) is 4.81. The van der Waals surface area contributed by atoms with Gasteiger partial charge in [-0.05, 0) is 73.3 Å². The van der Waals surface area contributed by atoms with Gasteiger partial charge in [0.15, 0.2) is 0 Å². The van der Waals surface area contributed by atoms with E-state index in [1.165, 1.54) is 18.2 Å². The average molecular weight is 445 g/mol. The van der Waals surface area contributed by atoms with Gasteiger partial charge in [0.05, 0.1) is 0 Å². The smallest absolute Gasteiger partial charge is 0.406 e. The first-order valence-corrected chi connectivity index (χ1v) is 10.7. The van der Waals surface area contributed by atoms with E-state index in [2.05, 4.69) is 10.1 Å². The second kappa shape index (κ2) is 7.81. The van der Waals surface area contributed by atoms with Gasteiger partial charge in [-0.1, -0.05) is 0 Å². The van der Waals surface area contributed by atoms with Crippen molar-refractivity contribution in [2.45, 2.75) is 38.2 Å². The number of halogens is 3. The van der Waals surface area contributed by atoms with Gasteiger partial charge in [-0.25, -0.2) is 0 Å². The van der Waals surface area contributed by atoms with Crippen LogP contribution in [0.2, 0.25) is 0 Å². The second-order valence-electron chi connectivity index (χ2n) is 8.35. The molecule has 168 valence electrons. The van der Waals surface area contributed by atoms with E-state index < -0.39 is 6.36 Å². The predicted octanol–water partition coefficient (Wildman–Crippen LogP) is 3.50. The van der Waals surface area contributed by atoms with Gasteiger partial charge in [0.1, 0.15) is 5.75 Å². The van der Waals surface area contributed by atoms with Crippen LogP contribution in [-0.2, 0) is 13.0 Å². The number of piperidine rings is 1. The van der Waals surface area contributed by atoms with Crippen molar-refractivity contribution in [2.24, 2.45) is 0 Å². The fourth-order valence-electron chi connectivity index (χ4n) is 4.81. The van der Waals surface area contributed by atoms with Crippen LogP contribution in [0.25, 0.3) is 0 Å². The molecule has 5 rings (SSSR count). The van der Waals surface area contributed by atoms with E-state index in [1.54, 1.807) is 23.1 Å². The first-order chi connectivity index (χ1) is 15.3. The van der Waals surface area contributed by atoms with Crippen molar-refractivity contribution < 1.29 is 27.5 Å². The number of carbonyl (C=O) groups is 2. The Hall–Kier alpha value is -3.07. The molecule has 2 aromatic rings. The molecular formula is C23H22F3N3O3. The summed E-state index contributed by atoms with van der Waals surface area (Å²) in [5.74, 6) is -0.531. The van der Waals surface area contributed by atoms with Crippen molar-refractivity contribution in [3.8, 4) is 5.75 Å². The number of benzene rings is 2. The lowest BCUT2D eigenvalue weighted by atomic mass is 10.1. The van der Waals surface area contributed by atoms with Crippen LogP contribution in [0.1, 0.15) is 44.7 Å². The molecule has 1 atom stereocenters. The summed E-state index contributed by atoms with van der Waals surface area (Å²) in [6, 6.07) is 9.31. The normalized spacial score (nSPS) is 20.3. The van der Waals surface area contributed by atoms with Crippen LogP contribution in [0.3, 0.4) is 0 Å². The summed E-state index contributed by atoms with van der Waals surface area (Å²) in [5, 5.41) is 3.33. The Balaban J connectivity index is 1.35. The van der Waals surface area contributed by atoms with Crippen LogP contribution < -0.4 is 15.0 Å². The zero-order valence-corrected chi connectivity index (χ0v) is 17.2. The van der Waals surface area contributed by atoms with E-state index in [4.69, 9.17) is 0 Å². The molecule has 1 unspecified atom stereocenters. The Morgan fingerprint density at radius 1 is 1.12 bits per heavy atom. The number of hydrogen-bond donors (Lipinski definition) is 1. The van der Waals surface area contributed by atoms with E-state index >= 15 is 0 Å². The van der Waals surface area contributed by atoms with Crippen molar-refractivity contribution in [2.75, 3.05) is 24.5 Å². The molecule has 1 N–H and O–H groups in total. The van der Waals surface area contributed by atoms with E-state index in [1.807, 2.05) is 4.90 Å². The van der Waals surface area contributed by atoms with Crippen molar-refractivity contribution >= 4 is 17.5 Å². The lowest BCUT2D eigenvalue weighted by Gasteiger charge is -2.31. The average Bonchev–Trinajstić information content (AvgIpc) is 3.33. The monoisotopic (exact) mass is 445 g/mol. The molecule has 32 heavy (non-hydrogen) atoms. The molecule has 0 radical (unpaired) electrons.